The van der Waals surface area contributed by atoms with Crippen LogP contribution in [0.2, 0.25) is 0 Å². The topological polar surface area (TPSA) is 91.2 Å². The molecule has 0 radical (unpaired) electrons. The van der Waals surface area contributed by atoms with Crippen molar-refractivity contribution < 1.29 is 24.8 Å². The number of hydrogen-bond donors (Lipinski definition) is 4. The van der Waals surface area contributed by atoms with E-state index in [9.17, 15) is 15.3 Å². The van der Waals surface area contributed by atoms with E-state index in [2.05, 4.69) is 17.4 Å². The largest absolute Gasteiger partial charge is 0.508 e. The molecule has 4 N–H and O–H groups in total. The number of aliphatic hydroxyl groups excluding tert-OH is 2. The zero-order chi connectivity index (χ0) is 22.5. The molecule has 0 bridgehead atoms. The summed E-state index contributed by atoms with van der Waals surface area (Å²) in [6.45, 7) is 4.89. The van der Waals surface area contributed by atoms with Crippen LogP contribution < -0.4 is 5.32 Å². The number of aromatic hydroxyl groups is 1. The number of hydrogen-bond acceptors (Lipinski definition) is 6. The molecule has 2 aromatic rings. The van der Waals surface area contributed by atoms with Gasteiger partial charge in [0.25, 0.3) is 0 Å². The Morgan fingerprint density at radius 3 is 2.26 bits per heavy atom. The Kier molecular flexibility index (Phi) is 11.6. The lowest BCUT2D eigenvalue weighted by Gasteiger charge is -2.23. The Balaban J connectivity index is 1.81. The zero-order valence-electron chi connectivity index (χ0n) is 18.6. The van der Waals surface area contributed by atoms with Gasteiger partial charge in [-0.3, -0.25) is 5.32 Å². The minimum absolute atomic E-state index is 0.0315. The Bertz CT molecular complexity index is 708. The number of nitrogens with one attached hydrogen (secondary N) is 1. The number of phenolic OH excluding ortho intramolecular Hbond substituents is 1. The van der Waals surface area contributed by atoms with E-state index in [4.69, 9.17) is 9.47 Å². The fourth-order valence-corrected chi connectivity index (χ4v) is 3.29. The summed E-state index contributed by atoms with van der Waals surface area (Å²) in [5.74, 6) is 0.241. The molecule has 2 aromatic carbocycles. The summed E-state index contributed by atoms with van der Waals surface area (Å²) in [5.41, 5.74) is 2.28. The maximum Gasteiger partial charge on any atom is 0.115 e. The van der Waals surface area contributed by atoms with Crippen molar-refractivity contribution >= 4 is 0 Å². The van der Waals surface area contributed by atoms with Gasteiger partial charge >= 0.3 is 0 Å². The molecule has 2 rings (SSSR count). The fourth-order valence-electron chi connectivity index (χ4n) is 3.29. The molecular formula is C25H37NO5. The third kappa shape index (κ3) is 11.3. The molecule has 0 fully saturated rings. The van der Waals surface area contributed by atoms with Gasteiger partial charge in [-0.2, -0.15) is 0 Å². The van der Waals surface area contributed by atoms with Crippen molar-refractivity contribution in [2.24, 2.45) is 0 Å². The Labute approximate surface area is 185 Å². The highest BCUT2D eigenvalue weighted by Crippen LogP contribution is 2.14. The number of aryl methyl sites for hydroxylation is 1. The molecular weight excluding hydrogens is 394 g/mol. The third-order valence-corrected chi connectivity index (χ3v) is 4.98. The first kappa shape index (κ1) is 25.3. The molecule has 6 nitrogen and oxygen atoms in total. The van der Waals surface area contributed by atoms with Gasteiger partial charge in [0.2, 0.25) is 0 Å². The van der Waals surface area contributed by atoms with Crippen LogP contribution >= 0.6 is 0 Å². The van der Waals surface area contributed by atoms with Crippen LogP contribution in [0.3, 0.4) is 0 Å². The second kappa shape index (κ2) is 14.2. The van der Waals surface area contributed by atoms with Crippen LogP contribution in [0.1, 0.15) is 37.8 Å². The van der Waals surface area contributed by atoms with Crippen molar-refractivity contribution in [3.63, 3.8) is 0 Å². The first-order chi connectivity index (χ1) is 14.9. The molecule has 31 heavy (non-hydrogen) atoms. The van der Waals surface area contributed by atoms with Gasteiger partial charge in [-0.25, -0.2) is 0 Å². The number of benzene rings is 2. The molecule has 4 unspecified atom stereocenters. The third-order valence-electron chi connectivity index (χ3n) is 4.98. The predicted molar refractivity (Wildman–Crippen MR) is 122 cm³/mol. The Hall–Kier alpha value is -1.96. The van der Waals surface area contributed by atoms with Crippen molar-refractivity contribution in [1.29, 1.82) is 0 Å². The fraction of sp³-hybridized carbons (Fsp3) is 0.520. The summed E-state index contributed by atoms with van der Waals surface area (Å²) in [7, 11) is 0. The first-order valence-electron chi connectivity index (χ1n) is 11.1. The van der Waals surface area contributed by atoms with Gasteiger partial charge in [0.1, 0.15) is 12.0 Å². The van der Waals surface area contributed by atoms with Crippen LogP contribution in [-0.4, -0.2) is 59.6 Å². The van der Waals surface area contributed by atoms with Gasteiger partial charge in [-0.15, -0.1) is 0 Å². The second-order valence-electron chi connectivity index (χ2n) is 8.13. The summed E-state index contributed by atoms with van der Waals surface area (Å²) in [5, 5.41) is 32.7. The number of phenols is 1. The van der Waals surface area contributed by atoms with E-state index in [1.54, 1.807) is 19.1 Å². The van der Waals surface area contributed by atoms with Gasteiger partial charge in [0, 0.05) is 12.6 Å². The average molecular weight is 432 g/mol. The van der Waals surface area contributed by atoms with E-state index < -0.39 is 12.3 Å². The van der Waals surface area contributed by atoms with Crippen LogP contribution in [0, 0.1) is 0 Å². The SMILES string of the molecule is CC(O)COC(C)COCCC(Cc1ccc(O)cc1)NC(O)CCc1ccccc1. The van der Waals surface area contributed by atoms with E-state index in [-0.39, 0.29) is 17.9 Å². The van der Waals surface area contributed by atoms with E-state index >= 15 is 0 Å². The van der Waals surface area contributed by atoms with Crippen molar-refractivity contribution in [2.75, 3.05) is 19.8 Å². The van der Waals surface area contributed by atoms with Gasteiger partial charge in [0.15, 0.2) is 0 Å². The van der Waals surface area contributed by atoms with Crippen molar-refractivity contribution in [1.82, 2.24) is 5.32 Å². The molecule has 0 aromatic heterocycles. The van der Waals surface area contributed by atoms with Crippen LogP contribution in [0.25, 0.3) is 0 Å². The molecule has 0 amide bonds. The molecule has 172 valence electrons. The van der Waals surface area contributed by atoms with E-state index in [0.717, 1.165) is 24.8 Å². The lowest BCUT2D eigenvalue weighted by atomic mass is 10.0. The highest BCUT2D eigenvalue weighted by molar-refractivity contribution is 5.26. The van der Waals surface area contributed by atoms with Gasteiger partial charge < -0.3 is 24.8 Å². The Morgan fingerprint density at radius 1 is 0.871 bits per heavy atom. The zero-order valence-corrected chi connectivity index (χ0v) is 18.6. The molecule has 0 heterocycles. The number of rotatable bonds is 15. The van der Waals surface area contributed by atoms with Crippen LogP contribution in [0.5, 0.6) is 5.75 Å². The second-order valence-corrected chi connectivity index (χ2v) is 8.13. The number of aliphatic hydroxyl groups is 2. The normalized spacial score (nSPS) is 15.4. The molecule has 0 spiro atoms. The maximum absolute atomic E-state index is 10.5. The average Bonchev–Trinajstić information content (AvgIpc) is 2.76. The van der Waals surface area contributed by atoms with Gasteiger partial charge in [0.05, 0.1) is 25.4 Å². The van der Waals surface area contributed by atoms with Crippen molar-refractivity contribution in [3.8, 4) is 5.75 Å². The van der Waals surface area contributed by atoms with Crippen molar-refractivity contribution in [2.45, 2.75) is 64.0 Å². The minimum Gasteiger partial charge on any atom is -0.508 e. The van der Waals surface area contributed by atoms with Crippen LogP contribution in [0.15, 0.2) is 54.6 Å². The van der Waals surface area contributed by atoms with Gasteiger partial charge in [-0.1, -0.05) is 42.5 Å². The maximum atomic E-state index is 10.5. The molecule has 4 atom stereocenters. The molecule has 0 aliphatic carbocycles. The summed E-state index contributed by atoms with van der Waals surface area (Å²) in [6.07, 6.45) is 1.69. The van der Waals surface area contributed by atoms with E-state index in [0.29, 0.717) is 26.2 Å². The minimum atomic E-state index is -0.615. The lowest BCUT2D eigenvalue weighted by Crippen LogP contribution is -2.40. The summed E-state index contributed by atoms with van der Waals surface area (Å²) >= 11 is 0. The molecule has 0 saturated heterocycles. The monoisotopic (exact) mass is 431 g/mol. The van der Waals surface area contributed by atoms with E-state index in [1.807, 2.05) is 37.3 Å². The predicted octanol–water partition coefficient (Wildman–Crippen LogP) is 3.04. The smallest absolute Gasteiger partial charge is 0.115 e. The van der Waals surface area contributed by atoms with Crippen LogP contribution in [-0.2, 0) is 22.3 Å². The van der Waals surface area contributed by atoms with Gasteiger partial charge in [-0.05, 0) is 62.8 Å². The first-order valence-corrected chi connectivity index (χ1v) is 11.1. The van der Waals surface area contributed by atoms with E-state index in [1.165, 1.54) is 5.56 Å². The molecule has 0 saturated carbocycles. The molecule has 6 heteroatoms. The quantitative estimate of drug-likeness (QED) is 0.256. The highest BCUT2D eigenvalue weighted by Gasteiger charge is 2.15. The molecule has 0 aliphatic heterocycles. The molecule has 0 aliphatic rings. The van der Waals surface area contributed by atoms with Crippen LogP contribution in [0.4, 0.5) is 0 Å². The summed E-state index contributed by atoms with van der Waals surface area (Å²) in [6, 6.07) is 17.3. The standard InChI is InChI=1S/C25H37NO5/c1-19(27)17-31-20(2)18-30-15-14-23(16-22-8-11-24(28)12-9-22)26-25(29)13-10-21-6-4-3-5-7-21/h3-9,11-12,19-20,23,25-29H,10,13-18H2,1-2H3. The Morgan fingerprint density at radius 2 is 1.58 bits per heavy atom. The summed E-state index contributed by atoms with van der Waals surface area (Å²) in [4.78, 5) is 0. The van der Waals surface area contributed by atoms with Crippen molar-refractivity contribution in [3.05, 3.63) is 65.7 Å². The lowest BCUT2D eigenvalue weighted by molar-refractivity contribution is -0.0380. The number of ether oxygens (including phenoxy) is 2. The highest BCUT2D eigenvalue weighted by atomic mass is 16.5. The summed E-state index contributed by atoms with van der Waals surface area (Å²) < 4.78 is 11.3.